The molecule has 0 spiro atoms. The molecule has 1 N–H and O–H groups in total. The minimum atomic E-state index is -0.455. The van der Waals surface area contributed by atoms with Crippen LogP contribution in [0.5, 0.6) is 11.5 Å². The number of imide groups is 1. The predicted molar refractivity (Wildman–Crippen MR) is 130 cm³/mol. The van der Waals surface area contributed by atoms with Gasteiger partial charge in [-0.05, 0) is 63.0 Å². The van der Waals surface area contributed by atoms with E-state index in [1.54, 1.807) is 30.3 Å². The third-order valence-electron chi connectivity index (χ3n) is 5.01. The van der Waals surface area contributed by atoms with E-state index in [-0.39, 0.29) is 18.1 Å². The van der Waals surface area contributed by atoms with Gasteiger partial charge in [-0.1, -0.05) is 54.1 Å². The molecule has 1 heterocycles. The first-order chi connectivity index (χ1) is 15.9. The molecular weight excluding hydrogens is 508 g/mol. The third-order valence-corrected chi connectivity index (χ3v) is 5.85. The highest BCUT2D eigenvalue weighted by Crippen LogP contribution is 2.38. The van der Waals surface area contributed by atoms with Crippen molar-refractivity contribution in [2.75, 3.05) is 7.11 Å². The van der Waals surface area contributed by atoms with Crippen molar-refractivity contribution in [3.8, 4) is 11.5 Å². The zero-order valence-corrected chi connectivity index (χ0v) is 20.0. The Kier molecular flexibility index (Phi) is 7.01. The fourth-order valence-electron chi connectivity index (χ4n) is 3.35. The van der Waals surface area contributed by atoms with E-state index >= 15 is 0 Å². The average molecular weight is 528 g/mol. The smallest absolute Gasteiger partial charge is 0.329 e. The van der Waals surface area contributed by atoms with Crippen LogP contribution in [0.1, 0.15) is 16.7 Å². The van der Waals surface area contributed by atoms with Gasteiger partial charge in [0.2, 0.25) is 0 Å². The molecule has 0 unspecified atom stereocenters. The molecule has 8 heteroatoms. The highest BCUT2D eigenvalue weighted by molar-refractivity contribution is 9.10. The molecule has 0 bridgehead atoms. The lowest BCUT2D eigenvalue weighted by molar-refractivity contribution is -0.123. The van der Waals surface area contributed by atoms with Crippen molar-refractivity contribution in [2.24, 2.45) is 0 Å². The van der Waals surface area contributed by atoms with E-state index in [4.69, 9.17) is 21.1 Å². The maximum Gasteiger partial charge on any atom is 0.329 e. The second-order valence-electron chi connectivity index (χ2n) is 7.31. The van der Waals surface area contributed by atoms with Crippen molar-refractivity contribution < 1.29 is 19.1 Å². The van der Waals surface area contributed by atoms with Crippen LogP contribution in [-0.4, -0.2) is 23.9 Å². The first-order valence-corrected chi connectivity index (χ1v) is 11.2. The zero-order valence-electron chi connectivity index (χ0n) is 17.7. The van der Waals surface area contributed by atoms with Gasteiger partial charge in [-0.15, -0.1) is 0 Å². The molecule has 0 aliphatic carbocycles. The van der Waals surface area contributed by atoms with Crippen LogP contribution in [0, 0.1) is 0 Å². The van der Waals surface area contributed by atoms with Crippen molar-refractivity contribution in [2.45, 2.75) is 13.2 Å². The van der Waals surface area contributed by atoms with Gasteiger partial charge in [-0.3, -0.25) is 9.69 Å². The molecule has 3 amide bonds. The number of carbonyl (C=O) groups is 2. The number of nitrogens with zero attached hydrogens (tertiary/aromatic N) is 1. The first kappa shape index (κ1) is 22.9. The number of ether oxygens (including phenoxy) is 2. The average Bonchev–Trinajstić information content (AvgIpc) is 3.07. The Morgan fingerprint density at radius 2 is 1.76 bits per heavy atom. The molecule has 0 aromatic heterocycles. The lowest BCUT2D eigenvalue weighted by Gasteiger charge is -2.14. The largest absolute Gasteiger partial charge is 0.493 e. The summed E-state index contributed by atoms with van der Waals surface area (Å²) in [5, 5.41) is 3.30. The molecule has 1 aliphatic rings. The number of nitrogens with one attached hydrogen (secondary N) is 1. The highest BCUT2D eigenvalue weighted by atomic mass is 79.9. The van der Waals surface area contributed by atoms with Gasteiger partial charge in [-0.25, -0.2) is 4.79 Å². The summed E-state index contributed by atoms with van der Waals surface area (Å²) in [5.74, 6) is 0.632. The van der Waals surface area contributed by atoms with Crippen LogP contribution in [0.3, 0.4) is 0 Å². The van der Waals surface area contributed by atoms with Crippen LogP contribution in [0.15, 0.2) is 76.9 Å². The number of carbonyl (C=O) groups excluding carboxylic acids is 2. The standard InChI is InChI=1S/C25H20BrClN2O4/c1-32-22-13-18(11-20(26)23(22)33-15-17-7-9-19(27)10-8-17)12-21-24(30)29(25(31)28-21)14-16-5-3-2-4-6-16/h2-13H,14-15H2,1H3,(H,28,31)/b21-12+. The van der Waals surface area contributed by atoms with Crippen molar-refractivity contribution in [1.29, 1.82) is 0 Å². The summed E-state index contributed by atoms with van der Waals surface area (Å²) in [4.78, 5) is 26.4. The molecule has 0 radical (unpaired) electrons. The van der Waals surface area contributed by atoms with Crippen LogP contribution in [0.25, 0.3) is 6.08 Å². The highest BCUT2D eigenvalue weighted by Gasteiger charge is 2.33. The minimum Gasteiger partial charge on any atom is -0.493 e. The lowest BCUT2D eigenvalue weighted by Crippen LogP contribution is -2.30. The monoisotopic (exact) mass is 526 g/mol. The normalized spacial score (nSPS) is 14.5. The van der Waals surface area contributed by atoms with Crippen molar-refractivity contribution in [3.05, 3.63) is 98.6 Å². The zero-order chi connectivity index (χ0) is 23.4. The predicted octanol–water partition coefficient (Wildman–Crippen LogP) is 5.78. The topological polar surface area (TPSA) is 67.9 Å². The maximum absolute atomic E-state index is 12.8. The van der Waals surface area contributed by atoms with E-state index in [1.807, 2.05) is 42.5 Å². The number of urea groups is 1. The Morgan fingerprint density at radius 1 is 1.03 bits per heavy atom. The van der Waals surface area contributed by atoms with Gasteiger partial charge in [-0.2, -0.15) is 0 Å². The summed E-state index contributed by atoms with van der Waals surface area (Å²) in [6.45, 7) is 0.531. The Balaban J connectivity index is 1.53. The summed E-state index contributed by atoms with van der Waals surface area (Å²) in [5.41, 5.74) is 2.69. The fraction of sp³-hybridized carbons (Fsp3) is 0.120. The molecule has 4 rings (SSSR count). The van der Waals surface area contributed by atoms with Gasteiger partial charge in [0.25, 0.3) is 5.91 Å². The maximum atomic E-state index is 12.8. The molecule has 3 aromatic carbocycles. The van der Waals surface area contributed by atoms with E-state index in [0.717, 1.165) is 11.1 Å². The molecule has 1 fully saturated rings. The lowest BCUT2D eigenvalue weighted by atomic mass is 10.1. The summed E-state index contributed by atoms with van der Waals surface area (Å²) >= 11 is 9.45. The molecule has 1 aliphatic heterocycles. The molecule has 3 aromatic rings. The molecule has 0 saturated carbocycles. The van der Waals surface area contributed by atoms with Gasteiger partial charge in [0.1, 0.15) is 12.3 Å². The number of hydrogen-bond donors (Lipinski definition) is 1. The van der Waals surface area contributed by atoms with E-state index < -0.39 is 6.03 Å². The Hall–Kier alpha value is -3.29. The molecule has 6 nitrogen and oxygen atoms in total. The van der Waals surface area contributed by atoms with E-state index in [1.165, 1.54) is 12.0 Å². The second-order valence-corrected chi connectivity index (χ2v) is 8.61. The Bertz CT molecular complexity index is 1210. The van der Waals surface area contributed by atoms with Crippen molar-refractivity contribution in [1.82, 2.24) is 10.2 Å². The molecule has 33 heavy (non-hydrogen) atoms. The number of amides is 3. The summed E-state index contributed by atoms with van der Waals surface area (Å²) in [7, 11) is 1.54. The van der Waals surface area contributed by atoms with Crippen LogP contribution in [-0.2, 0) is 17.9 Å². The summed E-state index contributed by atoms with van der Waals surface area (Å²) in [6.07, 6.45) is 1.61. The Morgan fingerprint density at radius 3 is 2.45 bits per heavy atom. The van der Waals surface area contributed by atoms with Gasteiger partial charge < -0.3 is 14.8 Å². The van der Waals surface area contributed by atoms with E-state index in [2.05, 4.69) is 21.2 Å². The summed E-state index contributed by atoms with van der Waals surface area (Å²) < 4.78 is 12.1. The fourth-order valence-corrected chi connectivity index (χ4v) is 4.05. The van der Waals surface area contributed by atoms with Crippen LogP contribution < -0.4 is 14.8 Å². The van der Waals surface area contributed by atoms with Gasteiger partial charge >= 0.3 is 6.03 Å². The molecule has 1 saturated heterocycles. The van der Waals surface area contributed by atoms with E-state index in [9.17, 15) is 9.59 Å². The number of benzene rings is 3. The molecular formula is C25H20BrClN2O4. The second kappa shape index (κ2) is 10.1. The van der Waals surface area contributed by atoms with Crippen molar-refractivity contribution in [3.63, 3.8) is 0 Å². The first-order valence-electron chi connectivity index (χ1n) is 10.1. The number of rotatable bonds is 7. The SMILES string of the molecule is COc1cc(/C=C2/NC(=O)N(Cc3ccccc3)C2=O)cc(Br)c1OCc1ccc(Cl)cc1. The molecule has 0 atom stereocenters. The van der Waals surface area contributed by atoms with Gasteiger partial charge in [0.15, 0.2) is 11.5 Å². The number of hydrogen-bond acceptors (Lipinski definition) is 4. The van der Waals surface area contributed by atoms with Gasteiger partial charge in [0.05, 0.1) is 18.1 Å². The van der Waals surface area contributed by atoms with Crippen LogP contribution in [0.2, 0.25) is 5.02 Å². The minimum absolute atomic E-state index is 0.194. The van der Waals surface area contributed by atoms with E-state index in [0.29, 0.717) is 33.2 Å². The van der Waals surface area contributed by atoms with Crippen LogP contribution in [0.4, 0.5) is 4.79 Å². The van der Waals surface area contributed by atoms with Crippen LogP contribution >= 0.6 is 27.5 Å². The summed E-state index contributed by atoms with van der Waals surface area (Å²) in [6, 6.07) is 19.8. The quantitative estimate of drug-likeness (QED) is 0.312. The van der Waals surface area contributed by atoms with Crippen molar-refractivity contribution >= 4 is 45.5 Å². The Labute approximate surface area is 204 Å². The number of methoxy groups -OCH3 is 1. The number of halogens is 2. The third kappa shape index (κ3) is 5.38. The molecule has 168 valence electrons. The van der Waals surface area contributed by atoms with Gasteiger partial charge in [0, 0.05) is 5.02 Å².